The van der Waals surface area contributed by atoms with Gasteiger partial charge in [0, 0.05) is 11.8 Å². The molecule has 0 spiro atoms. The van der Waals surface area contributed by atoms with Crippen LogP contribution >= 0.6 is 0 Å². The van der Waals surface area contributed by atoms with Gasteiger partial charge < -0.3 is 0 Å². The largest absolute Gasteiger partial charge is 0.271 e. The minimum atomic E-state index is -0.600. The number of hydrazone groups is 2. The lowest BCUT2D eigenvalue weighted by molar-refractivity contribution is -0.118. The van der Waals surface area contributed by atoms with Crippen LogP contribution in [0.3, 0.4) is 0 Å². The van der Waals surface area contributed by atoms with Gasteiger partial charge in [0.05, 0.1) is 11.4 Å². The number of nitrogens with zero attached hydrogens (tertiary/aromatic N) is 3. The minimum absolute atomic E-state index is 0.201. The average Bonchev–Trinajstić information content (AvgIpc) is 3.02. The smallest absolute Gasteiger partial charge is 0.271 e. The van der Waals surface area contributed by atoms with E-state index in [0.29, 0.717) is 17.0 Å². The Hall–Kier alpha value is -3.80. The Balaban J connectivity index is 1.45. The summed E-state index contributed by atoms with van der Waals surface area (Å²) in [5.74, 6) is -1.13. The van der Waals surface area contributed by atoms with E-state index in [1.807, 2.05) is 66.7 Å². The van der Waals surface area contributed by atoms with E-state index in [0.717, 1.165) is 10.8 Å². The normalized spacial score (nSPS) is 16.6. The third kappa shape index (κ3) is 3.40. The van der Waals surface area contributed by atoms with Crippen molar-refractivity contribution in [2.24, 2.45) is 16.1 Å². The van der Waals surface area contributed by atoms with E-state index in [1.54, 1.807) is 13.0 Å². The van der Waals surface area contributed by atoms with Gasteiger partial charge in [-0.2, -0.15) is 15.2 Å². The van der Waals surface area contributed by atoms with Crippen LogP contribution in [-0.4, -0.2) is 23.7 Å². The van der Waals surface area contributed by atoms with Gasteiger partial charge in [0.2, 0.25) is 0 Å². The zero-order valence-electron chi connectivity index (χ0n) is 15.2. The highest BCUT2D eigenvalue weighted by Gasteiger charge is 2.33. The second-order valence-corrected chi connectivity index (χ2v) is 6.49. The van der Waals surface area contributed by atoms with Crippen LogP contribution in [0.25, 0.3) is 10.8 Å². The molecule has 6 heteroatoms. The molecule has 0 saturated heterocycles. The van der Waals surface area contributed by atoms with Gasteiger partial charge in [-0.05, 0) is 42.0 Å². The Morgan fingerprint density at radius 1 is 1.04 bits per heavy atom. The highest BCUT2D eigenvalue weighted by Crippen LogP contribution is 2.22. The predicted octanol–water partition coefficient (Wildman–Crippen LogP) is 3.59. The molecule has 0 aromatic heterocycles. The van der Waals surface area contributed by atoms with Gasteiger partial charge in [-0.15, -0.1) is 0 Å². The van der Waals surface area contributed by atoms with E-state index in [9.17, 15) is 9.59 Å². The Morgan fingerprint density at radius 3 is 2.54 bits per heavy atom. The molecule has 2 amide bonds. The summed E-state index contributed by atoms with van der Waals surface area (Å²) in [6, 6.07) is 22.5. The number of para-hydroxylation sites is 1. The van der Waals surface area contributed by atoms with E-state index in [1.165, 1.54) is 11.2 Å². The number of hydrogen-bond donors (Lipinski definition) is 1. The Morgan fingerprint density at radius 2 is 1.75 bits per heavy atom. The van der Waals surface area contributed by atoms with Crippen molar-refractivity contribution in [1.82, 2.24) is 5.43 Å². The summed E-state index contributed by atoms with van der Waals surface area (Å²) in [5, 5.41) is 11.7. The number of amides is 2. The molecule has 28 heavy (non-hydrogen) atoms. The van der Waals surface area contributed by atoms with E-state index < -0.39 is 5.92 Å². The summed E-state index contributed by atoms with van der Waals surface area (Å²) in [6.45, 7) is 1.77. The van der Waals surface area contributed by atoms with Gasteiger partial charge in [-0.25, -0.2) is 5.43 Å². The standard InChI is InChI=1S/C22H18N4O2/c1-15-20(22(28)26(25-15)19-9-3-2-4-10-19)14-23-24-21(27)18-12-11-16-7-5-6-8-17(16)13-18/h2-14,20H,1H3,(H,24,27)/b23-14-/t20-/m0/s1. The first-order valence-corrected chi connectivity index (χ1v) is 8.90. The zero-order chi connectivity index (χ0) is 19.5. The van der Waals surface area contributed by atoms with E-state index in [-0.39, 0.29) is 11.8 Å². The van der Waals surface area contributed by atoms with Crippen LogP contribution in [0.4, 0.5) is 5.69 Å². The molecule has 6 nitrogen and oxygen atoms in total. The van der Waals surface area contributed by atoms with Crippen LogP contribution in [0, 0.1) is 5.92 Å². The molecule has 4 rings (SSSR count). The fraction of sp³-hybridized carbons (Fsp3) is 0.0909. The van der Waals surface area contributed by atoms with Crippen LogP contribution in [0.2, 0.25) is 0 Å². The lowest BCUT2D eigenvalue weighted by atomic mass is 10.1. The maximum absolute atomic E-state index is 12.6. The van der Waals surface area contributed by atoms with Gasteiger partial charge >= 0.3 is 0 Å². The second kappa shape index (κ2) is 7.44. The van der Waals surface area contributed by atoms with Gasteiger partial charge in [-0.3, -0.25) is 9.59 Å². The number of fused-ring (bicyclic) bond motifs is 1. The minimum Gasteiger partial charge on any atom is -0.271 e. The summed E-state index contributed by atoms with van der Waals surface area (Å²) in [6.07, 6.45) is 1.42. The van der Waals surface area contributed by atoms with Crippen molar-refractivity contribution in [3.8, 4) is 0 Å². The molecule has 3 aromatic rings. The van der Waals surface area contributed by atoms with Gasteiger partial charge in [0.1, 0.15) is 5.92 Å². The second-order valence-electron chi connectivity index (χ2n) is 6.49. The summed E-state index contributed by atoms with van der Waals surface area (Å²) >= 11 is 0. The Labute approximate surface area is 162 Å². The zero-order valence-corrected chi connectivity index (χ0v) is 15.2. The number of carbonyl (C=O) groups is 2. The Kier molecular flexibility index (Phi) is 4.68. The molecular weight excluding hydrogens is 352 g/mol. The molecule has 138 valence electrons. The molecule has 0 saturated carbocycles. The summed E-state index contributed by atoms with van der Waals surface area (Å²) in [5.41, 5.74) is 4.32. The van der Waals surface area contributed by atoms with Crippen LogP contribution < -0.4 is 10.4 Å². The van der Waals surface area contributed by atoms with E-state index in [2.05, 4.69) is 15.6 Å². The highest BCUT2D eigenvalue weighted by molar-refractivity contribution is 6.23. The SMILES string of the molecule is CC1=NN(c2ccccc2)C(=O)[C@H]1/C=N\NC(=O)c1ccc2ccccc2c1. The molecule has 0 radical (unpaired) electrons. The van der Waals surface area contributed by atoms with Gasteiger partial charge in [-0.1, -0.05) is 48.5 Å². The number of rotatable bonds is 4. The van der Waals surface area contributed by atoms with Crippen molar-refractivity contribution in [3.05, 3.63) is 78.4 Å². The first kappa shape index (κ1) is 17.6. The number of anilines is 1. The summed E-state index contributed by atoms with van der Waals surface area (Å²) in [7, 11) is 0. The molecule has 0 fully saturated rings. The molecule has 0 bridgehead atoms. The van der Waals surface area contributed by atoms with Crippen LogP contribution in [0.15, 0.2) is 83.0 Å². The van der Waals surface area contributed by atoms with Gasteiger partial charge in [0.15, 0.2) is 0 Å². The van der Waals surface area contributed by atoms with Crippen molar-refractivity contribution in [1.29, 1.82) is 0 Å². The fourth-order valence-corrected chi connectivity index (χ4v) is 3.07. The first-order chi connectivity index (χ1) is 13.6. The molecule has 3 aromatic carbocycles. The van der Waals surface area contributed by atoms with Crippen molar-refractivity contribution in [2.45, 2.75) is 6.92 Å². The number of carbonyl (C=O) groups excluding carboxylic acids is 2. The van der Waals surface area contributed by atoms with Crippen molar-refractivity contribution in [2.75, 3.05) is 5.01 Å². The maximum Gasteiger partial charge on any atom is 0.271 e. The summed E-state index contributed by atoms with van der Waals surface area (Å²) in [4.78, 5) is 25.0. The molecule has 1 heterocycles. The predicted molar refractivity (Wildman–Crippen MR) is 110 cm³/mol. The highest BCUT2D eigenvalue weighted by atomic mass is 16.2. The monoisotopic (exact) mass is 370 g/mol. The number of hydrogen-bond acceptors (Lipinski definition) is 4. The molecule has 1 N–H and O–H groups in total. The topological polar surface area (TPSA) is 74.1 Å². The Bertz CT molecular complexity index is 1110. The number of benzene rings is 3. The van der Waals surface area contributed by atoms with E-state index >= 15 is 0 Å². The lowest BCUT2D eigenvalue weighted by Crippen LogP contribution is -2.29. The third-order valence-corrected chi connectivity index (χ3v) is 4.58. The average molecular weight is 370 g/mol. The quantitative estimate of drug-likeness (QED) is 0.563. The van der Waals surface area contributed by atoms with Crippen LogP contribution in [0.5, 0.6) is 0 Å². The van der Waals surface area contributed by atoms with Crippen molar-refractivity contribution < 1.29 is 9.59 Å². The summed E-state index contributed by atoms with van der Waals surface area (Å²) < 4.78 is 0. The number of nitrogens with one attached hydrogen (secondary N) is 1. The molecule has 0 unspecified atom stereocenters. The molecule has 1 atom stereocenters. The van der Waals surface area contributed by atoms with Crippen LogP contribution in [0.1, 0.15) is 17.3 Å². The molecule has 1 aliphatic rings. The fourth-order valence-electron chi connectivity index (χ4n) is 3.07. The van der Waals surface area contributed by atoms with Crippen LogP contribution in [-0.2, 0) is 4.79 Å². The lowest BCUT2D eigenvalue weighted by Gasteiger charge is -2.12. The van der Waals surface area contributed by atoms with Crippen molar-refractivity contribution >= 4 is 40.2 Å². The van der Waals surface area contributed by atoms with Crippen molar-refractivity contribution in [3.63, 3.8) is 0 Å². The maximum atomic E-state index is 12.6. The van der Waals surface area contributed by atoms with Gasteiger partial charge in [0.25, 0.3) is 11.8 Å². The van der Waals surface area contributed by atoms with E-state index in [4.69, 9.17) is 0 Å². The molecular formula is C22H18N4O2. The first-order valence-electron chi connectivity index (χ1n) is 8.90. The molecule has 1 aliphatic heterocycles. The third-order valence-electron chi connectivity index (χ3n) is 4.58. The molecule has 0 aliphatic carbocycles.